The molecule has 0 bridgehead atoms. The van der Waals surface area contributed by atoms with Crippen molar-refractivity contribution in [2.24, 2.45) is 0 Å². The normalized spacial score (nSPS) is 13.6. The van der Waals surface area contributed by atoms with E-state index < -0.39 is 53.6 Å². The zero-order chi connectivity index (χ0) is 28.1. The van der Waals surface area contributed by atoms with Gasteiger partial charge in [0.1, 0.15) is 17.6 Å². The van der Waals surface area contributed by atoms with E-state index in [9.17, 15) is 39.9 Å². The Morgan fingerprint density at radius 1 is 0.947 bits per heavy atom. The highest BCUT2D eigenvalue weighted by Gasteiger charge is 2.34. The third kappa shape index (κ3) is 7.88. The molecular formula is C25H21F8N3O2. The number of pyridine rings is 1. The zero-order valence-electron chi connectivity index (χ0n) is 19.6. The Hall–Kier alpha value is -3.74. The maximum absolute atomic E-state index is 14.1. The first-order valence-electron chi connectivity index (χ1n) is 11.1. The van der Waals surface area contributed by atoms with Crippen LogP contribution < -0.4 is 15.4 Å². The third-order valence-electron chi connectivity index (χ3n) is 5.50. The van der Waals surface area contributed by atoms with Crippen LogP contribution in [0, 0.1) is 11.6 Å². The summed E-state index contributed by atoms with van der Waals surface area (Å²) in [6.45, 7) is 0. The number of alkyl halides is 6. The van der Waals surface area contributed by atoms with Crippen molar-refractivity contribution in [1.82, 2.24) is 15.6 Å². The standard InChI is InChI=1S/C25H21F8N3O2/c1-34-23(37)22(15-4-7-17(26)8-5-15)36-19(10-2-14-3-11-21(35-13-14)24(28,29)30)16-6-9-18(27)20(12-16)38-25(31,32)33/h3-9,11-13,19,22,36H,2,10H2,1H3,(H,34,37). The summed E-state index contributed by atoms with van der Waals surface area (Å²) in [6, 6.07) is 7.61. The van der Waals surface area contributed by atoms with Crippen LogP contribution in [0.25, 0.3) is 0 Å². The predicted molar refractivity (Wildman–Crippen MR) is 120 cm³/mol. The zero-order valence-corrected chi connectivity index (χ0v) is 19.6. The molecule has 1 aromatic heterocycles. The second-order valence-electron chi connectivity index (χ2n) is 8.14. The summed E-state index contributed by atoms with van der Waals surface area (Å²) in [6.07, 6.45) is -8.67. The van der Waals surface area contributed by atoms with Gasteiger partial charge in [0.2, 0.25) is 5.91 Å². The Bertz CT molecular complexity index is 1230. The van der Waals surface area contributed by atoms with E-state index in [1.54, 1.807) is 0 Å². The number of nitrogens with zero attached hydrogens (tertiary/aromatic N) is 1. The lowest BCUT2D eigenvalue weighted by atomic mass is 9.96. The molecule has 2 unspecified atom stereocenters. The molecule has 5 nitrogen and oxygen atoms in total. The van der Waals surface area contributed by atoms with Gasteiger partial charge in [0.25, 0.3) is 0 Å². The van der Waals surface area contributed by atoms with Gasteiger partial charge in [-0.3, -0.25) is 15.1 Å². The topological polar surface area (TPSA) is 63.2 Å². The fraction of sp³-hybridized carbons (Fsp3) is 0.280. The van der Waals surface area contributed by atoms with Crippen LogP contribution in [0.2, 0.25) is 0 Å². The average Bonchev–Trinajstić information content (AvgIpc) is 2.85. The van der Waals surface area contributed by atoms with Gasteiger partial charge in [0, 0.05) is 19.3 Å². The van der Waals surface area contributed by atoms with E-state index in [0.29, 0.717) is 11.1 Å². The van der Waals surface area contributed by atoms with E-state index in [-0.39, 0.29) is 18.4 Å². The van der Waals surface area contributed by atoms with E-state index in [1.807, 2.05) is 0 Å². The molecule has 3 rings (SSSR count). The van der Waals surface area contributed by atoms with Crippen molar-refractivity contribution in [2.45, 2.75) is 37.5 Å². The first-order valence-corrected chi connectivity index (χ1v) is 11.1. The van der Waals surface area contributed by atoms with Crippen LogP contribution in [0.5, 0.6) is 5.75 Å². The molecule has 0 saturated heterocycles. The van der Waals surface area contributed by atoms with E-state index in [2.05, 4.69) is 20.4 Å². The van der Waals surface area contributed by atoms with Crippen LogP contribution in [-0.4, -0.2) is 24.3 Å². The minimum absolute atomic E-state index is 0.0405. The summed E-state index contributed by atoms with van der Waals surface area (Å²) in [7, 11) is 1.34. The quantitative estimate of drug-likeness (QED) is 0.322. The van der Waals surface area contributed by atoms with Crippen LogP contribution >= 0.6 is 0 Å². The summed E-state index contributed by atoms with van der Waals surface area (Å²) in [5.74, 6) is -3.51. The number of carbonyl (C=O) groups is 1. The number of aryl methyl sites for hydroxylation is 1. The molecule has 0 spiro atoms. The first kappa shape index (κ1) is 28.8. The summed E-state index contributed by atoms with van der Waals surface area (Å²) < 4.78 is 108. The number of aromatic nitrogens is 1. The molecule has 1 amide bonds. The van der Waals surface area contributed by atoms with Gasteiger partial charge >= 0.3 is 12.5 Å². The SMILES string of the molecule is CNC(=O)C(NC(CCc1ccc(C(F)(F)F)nc1)c1ccc(F)c(OC(F)(F)F)c1)c1ccc(F)cc1. The van der Waals surface area contributed by atoms with Crippen molar-refractivity contribution < 1.29 is 44.7 Å². The number of amides is 1. The Morgan fingerprint density at radius 3 is 2.16 bits per heavy atom. The lowest BCUT2D eigenvalue weighted by Crippen LogP contribution is -2.38. The summed E-state index contributed by atoms with van der Waals surface area (Å²) in [5, 5.41) is 5.41. The van der Waals surface area contributed by atoms with Gasteiger partial charge in [-0.1, -0.05) is 24.3 Å². The lowest BCUT2D eigenvalue weighted by Gasteiger charge is -2.26. The second kappa shape index (κ2) is 11.8. The van der Waals surface area contributed by atoms with E-state index in [4.69, 9.17) is 0 Å². The average molecular weight is 547 g/mol. The van der Waals surface area contributed by atoms with Crippen LogP contribution in [0.15, 0.2) is 60.8 Å². The molecular weight excluding hydrogens is 526 g/mol. The molecule has 38 heavy (non-hydrogen) atoms. The van der Waals surface area contributed by atoms with Gasteiger partial charge in [-0.05, 0) is 59.9 Å². The van der Waals surface area contributed by atoms with Crippen LogP contribution in [0.3, 0.4) is 0 Å². The predicted octanol–water partition coefficient (Wildman–Crippen LogP) is 6.03. The number of rotatable bonds is 9. The number of benzene rings is 2. The molecule has 1 heterocycles. The van der Waals surface area contributed by atoms with Crippen molar-refractivity contribution in [3.8, 4) is 5.75 Å². The molecule has 3 aromatic rings. The highest BCUT2D eigenvalue weighted by Crippen LogP contribution is 2.32. The molecule has 0 aliphatic rings. The monoisotopic (exact) mass is 547 g/mol. The molecule has 2 atom stereocenters. The number of hydrogen-bond acceptors (Lipinski definition) is 4. The van der Waals surface area contributed by atoms with E-state index in [1.165, 1.54) is 31.3 Å². The molecule has 0 aliphatic carbocycles. The van der Waals surface area contributed by atoms with Gasteiger partial charge in [0.05, 0.1) is 0 Å². The molecule has 0 radical (unpaired) electrons. The fourth-order valence-corrected chi connectivity index (χ4v) is 3.66. The highest BCUT2D eigenvalue weighted by atomic mass is 19.4. The number of likely N-dealkylation sites (N-methyl/N-ethyl adjacent to an activating group) is 1. The van der Waals surface area contributed by atoms with Gasteiger partial charge in [-0.2, -0.15) is 13.2 Å². The van der Waals surface area contributed by atoms with Gasteiger partial charge in [-0.25, -0.2) is 8.78 Å². The second-order valence-corrected chi connectivity index (χ2v) is 8.14. The Kier molecular flexibility index (Phi) is 8.92. The van der Waals surface area contributed by atoms with Crippen molar-refractivity contribution >= 4 is 5.91 Å². The van der Waals surface area contributed by atoms with Crippen molar-refractivity contribution in [1.29, 1.82) is 0 Å². The summed E-state index contributed by atoms with van der Waals surface area (Å²) >= 11 is 0. The molecule has 2 aromatic carbocycles. The molecule has 13 heteroatoms. The lowest BCUT2D eigenvalue weighted by molar-refractivity contribution is -0.275. The first-order chi connectivity index (χ1) is 17.8. The largest absolute Gasteiger partial charge is 0.573 e. The van der Waals surface area contributed by atoms with Gasteiger partial charge in [-0.15, -0.1) is 13.2 Å². The Balaban J connectivity index is 1.95. The molecule has 0 saturated carbocycles. The molecule has 2 N–H and O–H groups in total. The number of ether oxygens (including phenoxy) is 1. The number of carbonyl (C=O) groups excluding carboxylic acids is 1. The number of halogens is 8. The van der Waals surface area contributed by atoms with Gasteiger partial charge < -0.3 is 10.1 Å². The molecule has 0 aliphatic heterocycles. The van der Waals surface area contributed by atoms with Crippen molar-refractivity contribution in [2.75, 3.05) is 7.05 Å². The molecule has 0 fully saturated rings. The van der Waals surface area contributed by atoms with Crippen molar-refractivity contribution in [3.05, 3.63) is 94.8 Å². The van der Waals surface area contributed by atoms with E-state index in [0.717, 1.165) is 36.5 Å². The Labute approximate surface area is 211 Å². The minimum Gasteiger partial charge on any atom is -0.403 e. The van der Waals surface area contributed by atoms with Crippen molar-refractivity contribution in [3.63, 3.8) is 0 Å². The van der Waals surface area contributed by atoms with E-state index >= 15 is 0 Å². The van der Waals surface area contributed by atoms with Crippen LogP contribution in [0.1, 0.15) is 40.9 Å². The maximum Gasteiger partial charge on any atom is 0.573 e. The third-order valence-corrected chi connectivity index (χ3v) is 5.50. The fourth-order valence-electron chi connectivity index (χ4n) is 3.66. The van der Waals surface area contributed by atoms with Crippen LogP contribution in [-0.2, 0) is 17.4 Å². The molecule has 204 valence electrons. The number of nitrogens with one attached hydrogen (secondary N) is 2. The van der Waals surface area contributed by atoms with Gasteiger partial charge in [0.15, 0.2) is 11.6 Å². The minimum atomic E-state index is -5.17. The highest BCUT2D eigenvalue weighted by molar-refractivity contribution is 5.83. The Morgan fingerprint density at radius 2 is 1.61 bits per heavy atom. The maximum atomic E-state index is 14.1. The summed E-state index contributed by atoms with van der Waals surface area (Å²) in [4.78, 5) is 16.0. The summed E-state index contributed by atoms with van der Waals surface area (Å²) in [5.41, 5.74) is -0.307. The number of hydrogen-bond donors (Lipinski definition) is 2. The van der Waals surface area contributed by atoms with Crippen LogP contribution in [0.4, 0.5) is 35.1 Å². The smallest absolute Gasteiger partial charge is 0.403 e.